The third-order valence-corrected chi connectivity index (χ3v) is 17.1. The standard InChI is InChI=1S/C58H76ClN11O12S2/c1-33(71)49-55(79)67-46(57(81)68(3)47(51(62)75)29-36-14-22-40(72)23-15-36)32-84-83-31-45(66-52(76)43(63-2)27-35-12-20-39(59)21-13-35)58(82)69(4)48(30-37-16-24-41(73)25-17-37)54(78)65-44(28-34-10-18-38(19-11-34)50(61)74)53(77)64-42(56(80)70(49)5)9-7-6-8-26-60/h10-25,33,42-49,63,71-73H,6-9,26-32,60H2,1-5H3,(H2,61,74)(H2,62,75)(H,64,77)(H,65,78)(H,66,76)(H,67,79)/t33-,42+,43+,44-,45-,46+,47-,48+,49+/m1/s1. The number of carbonyl (C=O) groups excluding carboxylic acids is 9. The van der Waals surface area contributed by atoms with Crippen LogP contribution in [0.1, 0.15) is 65.2 Å². The van der Waals surface area contributed by atoms with E-state index in [1.807, 2.05) is 0 Å². The summed E-state index contributed by atoms with van der Waals surface area (Å²) in [5, 5.41) is 46.1. The molecule has 9 amide bonds. The van der Waals surface area contributed by atoms with Gasteiger partial charge in [-0.1, -0.05) is 94.6 Å². The fourth-order valence-corrected chi connectivity index (χ4v) is 11.9. The Kier molecular flexibility index (Phi) is 26.1. The van der Waals surface area contributed by atoms with Crippen LogP contribution < -0.4 is 43.8 Å². The Bertz CT molecular complexity index is 2910. The van der Waals surface area contributed by atoms with Gasteiger partial charge in [-0.2, -0.15) is 0 Å². The van der Waals surface area contributed by atoms with Gasteiger partial charge in [0.1, 0.15) is 53.8 Å². The molecule has 4 aromatic rings. The largest absolute Gasteiger partial charge is 0.508 e. The molecule has 1 saturated heterocycles. The molecule has 1 aliphatic rings. The Morgan fingerprint density at radius 1 is 0.702 bits per heavy atom. The molecular formula is C58H76ClN11O12S2. The number of aliphatic hydroxyl groups excluding tert-OH is 1. The monoisotopic (exact) mass is 1220 g/mol. The molecule has 0 saturated carbocycles. The topological polar surface area (TPSA) is 362 Å². The number of nitrogens with zero attached hydrogens (tertiary/aromatic N) is 3. The van der Waals surface area contributed by atoms with E-state index in [9.17, 15) is 48.9 Å². The first-order valence-electron chi connectivity index (χ1n) is 27.2. The maximum atomic E-state index is 15.2. The van der Waals surface area contributed by atoms with E-state index < -0.39 is 108 Å². The molecule has 0 radical (unpaired) electrons. The fourth-order valence-electron chi connectivity index (χ4n) is 9.46. The third kappa shape index (κ3) is 19.6. The van der Waals surface area contributed by atoms with Crippen LogP contribution in [0.4, 0.5) is 0 Å². The minimum Gasteiger partial charge on any atom is -0.508 e. The van der Waals surface area contributed by atoms with Crippen molar-refractivity contribution in [2.24, 2.45) is 17.2 Å². The Morgan fingerprint density at radius 3 is 1.82 bits per heavy atom. The van der Waals surface area contributed by atoms with E-state index in [0.717, 1.165) is 41.9 Å². The van der Waals surface area contributed by atoms with E-state index in [1.165, 1.54) is 76.6 Å². The van der Waals surface area contributed by atoms with Crippen LogP contribution in [0.5, 0.6) is 11.5 Å². The summed E-state index contributed by atoms with van der Waals surface area (Å²) in [6.45, 7) is 1.59. The highest BCUT2D eigenvalue weighted by Crippen LogP contribution is 2.26. The molecule has 9 atom stereocenters. The minimum absolute atomic E-state index is 0.00568. The summed E-state index contributed by atoms with van der Waals surface area (Å²) in [7, 11) is 7.51. The van der Waals surface area contributed by atoms with Gasteiger partial charge >= 0.3 is 0 Å². The second-order valence-corrected chi connectivity index (χ2v) is 23.6. The molecule has 0 unspecified atom stereocenters. The summed E-state index contributed by atoms with van der Waals surface area (Å²) in [5.74, 6) is -7.95. The van der Waals surface area contributed by atoms with Crippen LogP contribution in [0.3, 0.4) is 0 Å². The molecule has 0 aromatic heterocycles. The summed E-state index contributed by atoms with van der Waals surface area (Å²) in [6, 6.07) is 13.4. The van der Waals surface area contributed by atoms with E-state index in [0.29, 0.717) is 47.5 Å². The number of benzene rings is 4. The van der Waals surface area contributed by atoms with Crippen molar-refractivity contribution in [3.05, 3.63) is 130 Å². The molecule has 14 N–H and O–H groups in total. The van der Waals surface area contributed by atoms with Gasteiger partial charge in [0.05, 0.1) is 12.1 Å². The summed E-state index contributed by atoms with van der Waals surface area (Å²) in [6.07, 6.45) is -0.512. The minimum atomic E-state index is -1.70. The number of carbonyl (C=O) groups is 9. The maximum absolute atomic E-state index is 15.2. The van der Waals surface area contributed by atoms with Crippen molar-refractivity contribution in [1.29, 1.82) is 0 Å². The fraction of sp³-hybridized carbons (Fsp3) is 0.431. The first kappa shape index (κ1) is 67.4. The molecule has 1 fully saturated rings. The molecule has 5 rings (SSSR count). The number of likely N-dealkylation sites (N-methyl/N-ethyl adjacent to an activating group) is 4. The Balaban J connectivity index is 1.65. The zero-order chi connectivity index (χ0) is 61.8. The smallest absolute Gasteiger partial charge is 0.248 e. The highest BCUT2D eigenvalue weighted by Gasteiger charge is 2.41. The van der Waals surface area contributed by atoms with E-state index in [4.69, 9.17) is 28.8 Å². The van der Waals surface area contributed by atoms with Crippen LogP contribution in [0.2, 0.25) is 5.02 Å². The molecule has 84 heavy (non-hydrogen) atoms. The van der Waals surface area contributed by atoms with Gasteiger partial charge in [-0.25, -0.2) is 0 Å². The van der Waals surface area contributed by atoms with Crippen LogP contribution in [-0.4, -0.2) is 184 Å². The number of aromatic hydroxyl groups is 2. The molecule has 26 heteroatoms. The van der Waals surface area contributed by atoms with Crippen molar-refractivity contribution in [1.82, 2.24) is 41.3 Å². The Hall–Kier alpha value is -7.42. The number of hydrogen-bond donors (Lipinski definition) is 11. The summed E-state index contributed by atoms with van der Waals surface area (Å²) in [5.41, 5.74) is 19.6. The van der Waals surface area contributed by atoms with Crippen molar-refractivity contribution in [2.75, 3.05) is 46.2 Å². The highest BCUT2D eigenvalue weighted by molar-refractivity contribution is 8.76. The molecule has 454 valence electrons. The van der Waals surface area contributed by atoms with Crippen molar-refractivity contribution in [3.63, 3.8) is 0 Å². The van der Waals surface area contributed by atoms with Crippen LogP contribution in [0, 0.1) is 0 Å². The number of nitrogens with two attached hydrogens (primary N) is 3. The van der Waals surface area contributed by atoms with Crippen LogP contribution in [-0.2, 0) is 64.0 Å². The third-order valence-electron chi connectivity index (χ3n) is 14.4. The highest BCUT2D eigenvalue weighted by atomic mass is 35.5. The number of unbranched alkanes of at least 4 members (excludes halogenated alkanes) is 2. The van der Waals surface area contributed by atoms with Crippen molar-refractivity contribution < 1.29 is 58.5 Å². The lowest BCUT2D eigenvalue weighted by Gasteiger charge is -2.35. The molecule has 0 spiro atoms. The zero-order valence-electron chi connectivity index (χ0n) is 47.5. The second kappa shape index (κ2) is 32.6. The van der Waals surface area contributed by atoms with E-state index >= 15 is 9.59 Å². The first-order valence-corrected chi connectivity index (χ1v) is 30.1. The van der Waals surface area contributed by atoms with Crippen molar-refractivity contribution in [3.8, 4) is 11.5 Å². The van der Waals surface area contributed by atoms with Gasteiger partial charge in [0.2, 0.25) is 53.2 Å². The zero-order valence-corrected chi connectivity index (χ0v) is 49.9. The predicted molar refractivity (Wildman–Crippen MR) is 321 cm³/mol. The Labute approximate surface area is 501 Å². The second-order valence-electron chi connectivity index (χ2n) is 20.6. The lowest BCUT2D eigenvalue weighted by atomic mass is 9.99. The maximum Gasteiger partial charge on any atom is 0.248 e. The summed E-state index contributed by atoms with van der Waals surface area (Å²) in [4.78, 5) is 132. The lowest BCUT2D eigenvalue weighted by molar-refractivity contribution is -0.147. The molecule has 0 bridgehead atoms. The number of aliphatic hydroxyl groups is 1. The van der Waals surface area contributed by atoms with Gasteiger partial charge < -0.3 is 73.8 Å². The van der Waals surface area contributed by atoms with Gasteiger partial charge in [0.25, 0.3) is 0 Å². The van der Waals surface area contributed by atoms with Gasteiger partial charge in [-0.3, -0.25) is 43.2 Å². The predicted octanol–water partition coefficient (Wildman–Crippen LogP) is 0.909. The Morgan fingerprint density at radius 2 is 1.25 bits per heavy atom. The number of phenols is 2. The number of phenolic OH excluding ortho intramolecular Hbond substituents is 2. The molecule has 1 heterocycles. The molecule has 1 aliphatic heterocycles. The molecule has 0 aliphatic carbocycles. The number of amides is 9. The average molecular weight is 1220 g/mol. The summed E-state index contributed by atoms with van der Waals surface area (Å²) < 4.78 is 0. The van der Waals surface area contributed by atoms with Gasteiger partial charge in [-0.15, -0.1) is 0 Å². The SMILES string of the molecule is CN[C@@H](Cc1ccc(Cl)cc1)C(=O)N[C@@H]1CSSC[C@@H](C(=O)N(C)[C@H](Cc2ccc(O)cc2)C(N)=O)NC(=O)[C@H]([C@@H](C)O)N(C)C(=O)[C@H](CCCCCN)NC(=O)[C@@H](Cc2ccc(C(N)=O)cc2)NC(=O)[C@H](Cc2ccc(O)cc2)N(C)C1=O. The average Bonchev–Trinajstić information content (AvgIpc) is 3.37. The number of primary amides is 2. The van der Waals surface area contributed by atoms with Crippen molar-refractivity contribution >= 4 is 86.4 Å². The van der Waals surface area contributed by atoms with E-state index in [1.54, 1.807) is 55.6 Å². The van der Waals surface area contributed by atoms with Crippen LogP contribution >= 0.6 is 33.2 Å². The normalized spacial score (nSPS) is 20.8. The van der Waals surface area contributed by atoms with Gasteiger partial charge in [0.15, 0.2) is 0 Å². The van der Waals surface area contributed by atoms with E-state index in [-0.39, 0.29) is 60.7 Å². The van der Waals surface area contributed by atoms with Crippen molar-refractivity contribution in [2.45, 2.75) is 113 Å². The van der Waals surface area contributed by atoms with Crippen LogP contribution in [0.25, 0.3) is 0 Å². The van der Waals surface area contributed by atoms with Crippen LogP contribution in [0.15, 0.2) is 97.1 Å². The number of hydrogen-bond acceptors (Lipinski definition) is 16. The molecule has 4 aromatic carbocycles. The first-order chi connectivity index (χ1) is 39.9. The molecular weight excluding hydrogens is 1140 g/mol. The quantitative estimate of drug-likeness (QED) is 0.0408. The van der Waals surface area contributed by atoms with Gasteiger partial charge in [-0.05, 0) is 111 Å². The van der Waals surface area contributed by atoms with Gasteiger partial charge in [0, 0.05) is 62.5 Å². The lowest BCUT2D eigenvalue weighted by Crippen LogP contribution is -2.62. The molecule has 23 nitrogen and oxygen atoms in total. The number of halogens is 1. The van der Waals surface area contributed by atoms with E-state index in [2.05, 4.69) is 26.6 Å². The number of nitrogens with one attached hydrogen (secondary N) is 5. The summed E-state index contributed by atoms with van der Waals surface area (Å²) >= 11 is 6.15. The number of rotatable bonds is 21.